The summed E-state index contributed by atoms with van der Waals surface area (Å²) in [6.07, 6.45) is -2.77. The molecule has 0 bridgehead atoms. The van der Waals surface area contributed by atoms with Gasteiger partial charge in [0.2, 0.25) is 0 Å². The molecular weight excluding hydrogens is 393 g/mol. The quantitative estimate of drug-likeness (QED) is 0.670. The van der Waals surface area contributed by atoms with Crippen LogP contribution >= 0.6 is 22.9 Å². The number of carbonyl (C=O) groups excluding carboxylic acids is 1. The summed E-state index contributed by atoms with van der Waals surface area (Å²) < 4.78 is 48.3. The number of hydrogen-bond donors (Lipinski definition) is 1. The molecule has 0 saturated heterocycles. The molecule has 0 aliphatic heterocycles. The van der Waals surface area contributed by atoms with Crippen LogP contribution < -0.4 is 5.32 Å². The number of thiazole rings is 1. The summed E-state index contributed by atoms with van der Waals surface area (Å²) in [4.78, 5) is 16.4. The third-order valence-corrected chi connectivity index (χ3v) is 4.48. The van der Waals surface area contributed by atoms with Gasteiger partial charge in [0.1, 0.15) is 6.61 Å². The van der Waals surface area contributed by atoms with E-state index >= 15 is 0 Å². The maximum absolute atomic E-state index is 12.8. The van der Waals surface area contributed by atoms with Gasteiger partial charge in [-0.05, 0) is 23.8 Å². The summed E-state index contributed by atoms with van der Waals surface area (Å²) in [7, 11) is 1.52. The smallest absolute Gasteiger partial charge is 0.382 e. The zero-order valence-corrected chi connectivity index (χ0v) is 15.3. The highest BCUT2D eigenvalue weighted by molar-refractivity contribution is 7.15. The number of amides is 1. The molecule has 1 heterocycles. The molecule has 0 radical (unpaired) electrons. The van der Waals surface area contributed by atoms with Crippen LogP contribution in [0.15, 0.2) is 24.4 Å². The van der Waals surface area contributed by atoms with E-state index in [1.807, 2.05) is 0 Å². The lowest BCUT2D eigenvalue weighted by Gasteiger charge is -2.09. The van der Waals surface area contributed by atoms with E-state index in [1.165, 1.54) is 19.4 Å². The summed E-state index contributed by atoms with van der Waals surface area (Å²) in [5.74, 6) is -0.376. The van der Waals surface area contributed by atoms with E-state index in [9.17, 15) is 18.0 Å². The van der Waals surface area contributed by atoms with Crippen molar-refractivity contribution >= 4 is 34.0 Å². The average Bonchev–Trinajstić information content (AvgIpc) is 2.99. The summed E-state index contributed by atoms with van der Waals surface area (Å²) in [6, 6.07) is 3.18. The van der Waals surface area contributed by atoms with E-state index in [-0.39, 0.29) is 24.0 Å². The minimum absolute atomic E-state index is 0.141. The van der Waals surface area contributed by atoms with Crippen LogP contribution in [0, 0.1) is 0 Å². The lowest BCUT2D eigenvalue weighted by atomic mass is 10.1. The van der Waals surface area contributed by atoms with Crippen molar-refractivity contribution in [3.63, 3.8) is 0 Å². The first kappa shape index (κ1) is 20.6. The highest BCUT2D eigenvalue weighted by Crippen LogP contribution is 2.33. The molecule has 0 saturated carbocycles. The standard InChI is InChI=1S/C16H16ClF3N2O3S/c1-24-4-5-25-9-14(23)22-15-21-8-12(26-15)7-10-6-11(16(18,19)20)2-3-13(10)17/h2-3,6,8H,4-5,7,9H2,1H3,(H,21,22,23). The van der Waals surface area contributed by atoms with Crippen LogP contribution in [-0.4, -0.2) is 37.8 Å². The fourth-order valence-corrected chi connectivity index (χ4v) is 3.02. The van der Waals surface area contributed by atoms with E-state index in [2.05, 4.69) is 10.3 Å². The number of nitrogens with one attached hydrogen (secondary N) is 1. The molecule has 2 rings (SSSR count). The van der Waals surface area contributed by atoms with Crippen LogP contribution in [-0.2, 0) is 26.9 Å². The molecule has 2 aromatic rings. The van der Waals surface area contributed by atoms with Gasteiger partial charge in [0, 0.05) is 29.6 Å². The minimum Gasteiger partial charge on any atom is -0.382 e. The molecule has 0 aliphatic rings. The Balaban J connectivity index is 1.97. The van der Waals surface area contributed by atoms with Crippen molar-refractivity contribution in [2.24, 2.45) is 0 Å². The second kappa shape index (κ2) is 9.31. The van der Waals surface area contributed by atoms with Crippen LogP contribution in [0.25, 0.3) is 0 Å². The fraction of sp³-hybridized carbons (Fsp3) is 0.375. The number of anilines is 1. The molecule has 0 aliphatic carbocycles. The SMILES string of the molecule is COCCOCC(=O)Nc1ncc(Cc2cc(C(F)(F)F)ccc2Cl)s1. The number of aromatic nitrogens is 1. The van der Waals surface area contributed by atoms with Gasteiger partial charge < -0.3 is 9.47 Å². The molecule has 1 aromatic heterocycles. The third kappa shape index (κ3) is 6.24. The molecule has 1 N–H and O–H groups in total. The highest BCUT2D eigenvalue weighted by atomic mass is 35.5. The fourth-order valence-electron chi connectivity index (χ4n) is 1.98. The van der Waals surface area contributed by atoms with Crippen molar-refractivity contribution in [1.29, 1.82) is 0 Å². The zero-order valence-electron chi connectivity index (χ0n) is 13.7. The van der Waals surface area contributed by atoms with Crippen LogP contribution in [0.5, 0.6) is 0 Å². The molecule has 142 valence electrons. The Morgan fingerprint density at radius 3 is 2.81 bits per heavy atom. The van der Waals surface area contributed by atoms with Gasteiger partial charge in [0.05, 0.1) is 18.8 Å². The van der Waals surface area contributed by atoms with E-state index in [1.54, 1.807) is 0 Å². The maximum atomic E-state index is 12.8. The number of rotatable bonds is 8. The second-order valence-electron chi connectivity index (χ2n) is 5.21. The lowest BCUT2D eigenvalue weighted by Crippen LogP contribution is -2.19. The number of methoxy groups -OCH3 is 1. The van der Waals surface area contributed by atoms with Crippen LogP contribution in [0.1, 0.15) is 16.0 Å². The predicted octanol–water partition coefficient (Wildman–Crippen LogP) is 4.01. The van der Waals surface area contributed by atoms with Gasteiger partial charge in [-0.1, -0.05) is 11.6 Å². The molecule has 1 aromatic carbocycles. The first-order chi connectivity index (χ1) is 12.3. The van der Waals surface area contributed by atoms with Crippen molar-refractivity contribution in [3.8, 4) is 0 Å². The molecule has 0 unspecified atom stereocenters. The summed E-state index contributed by atoms with van der Waals surface area (Å²) in [6.45, 7) is 0.533. The summed E-state index contributed by atoms with van der Waals surface area (Å²) in [5, 5.41) is 3.14. The Morgan fingerprint density at radius 2 is 2.12 bits per heavy atom. The van der Waals surface area contributed by atoms with Gasteiger partial charge in [-0.25, -0.2) is 4.98 Å². The Labute approximate surface area is 157 Å². The molecule has 5 nitrogen and oxygen atoms in total. The van der Waals surface area contributed by atoms with Gasteiger partial charge in [-0.15, -0.1) is 11.3 Å². The van der Waals surface area contributed by atoms with E-state index < -0.39 is 11.7 Å². The molecule has 26 heavy (non-hydrogen) atoms. The highest BCUT2D eigenvalue weighted by Gasteiger charge is 2.30. The van der Waals surface area contributed by atoms with E-state index in [4.69, 9.17) is 21.1 Å². The molecule has 0 atom stereocenters. The number of hydrogen-bond acceptors (Lipinski definition) is 5. The minimum atomic E-state index is -4.44. The van der Waals surface area contributed by atoms with Gasteiger partial charge >= 0.3 is 6.18 Å². The zero-order chi connectivity index (χ0) is 19.2. The number of ether oxygens (including phenoxy) is 2. The van der Waals surface area contributed by atoms with Crippen molar-refractivity contribution in [2.75, 3.05) is 32.2 Å². The number of nitrogens with zero attached hydrogens (tertiary/aromatic N) is 1. The van der Waals surface area contributed by atoms with Crippen molar-refractivity contribution < 1.29 is 27.4 Å². The van der Waals surface area contributed by atoms with Gasteiger partial charge in [-0.3, -0.25) is 10.1 Å². The number of benzene rings is 1. The molecule has 10 heteroatoms. The largest absolute Gasteiger partial charge is 0.416 e. The molecule has 1 amide bonds. The van der Waals surface area contributed by atoms with Crippen LogP contribution in [0.2, 0.25) is 5.02 Å². The lowest BCUT2D eigenvalue weighted by molar-refractivity contribution is -0.137. The number of halogens is 4. The second-order valence-corrected chi connectivity index (χ2v) is 6.73. The predicted molar refractivity (Wildman–Crippen MR) is 92.7 cm³/mol. The average molecular weight is 409 g/mol. The van der Waals surface area contributed by atoms with Gasteiger partial charge in [0.25, 0.3) is 5.91 Å². The first-order valence-corrected chi connectivity index (χ1v) is 8.66. The van der Waals surface area contributed by atoms with Crippen LogP contribution in [0.3, 0.4) is 0 Å². The summed E-state index contributed by atoms with van der Waals surface area (Å²) >= 11 is 7.15. The van der Waals surface area contributed by atoms with Crippen molar-refractivity contribution in [1.82, 2.24) is 4.98 Å². The Hall–Kier alpha value is -1.68. The normalized spacial score (nSPS) is 11.6. The van der Waals surface area contributed by atoms with Crippen LogP contribution in [0.4, 0.5) is 18.3 Å². The topological polar surface area (TPSA) is 60.5 Å². The summed E-state index contributed by atoms with van der Waals surface area (Å²) in [5.41, 5.74) is -0.422. The van der Waals surface area contributed by atoms with Gasteiger partial charge in [-0.2, -0.15) is 13.2 Å². The van der Waals surface area contributed by atoms with E-state index in [0.29, 0.717) is 28.8 Å². The monoisotopic (exact) mass is 408 g/mol. The van der Waals surface area contributed by atoms with Crippen molar-refractivity contribution in [3.05, 3.63) is 45.4 Å². The third-order valence-electron chi connectivity index (χ3n) is 3.20. The number of alkyl halides is 3. The van der Waals surface area contributed by atoms with Crippen molar-refractivity contribution in [2.45, 2.75) is 12.6 Å². The molecule has 0 spiro atoms. The number of carbonyl (C=O) groups is 1. The van der Waals surface area contributed by atoms with E-state index in [0.717, 1.165) is 23.5 Å². The molecular formula is C16H16ClF3N2O3S. The molecule has 0 fully saturated rings. The Morgan fingerprint density at radius 1 is 1.35 bits per heavy atom. The van der Waals surface area contributed by atoms with Gasteiger partial charge in [0.15, 0.2) is 5.13 Å². The Kier molecular flexibility index (Phi) is 7.39. The maximum Gasteiger partial charge on any atom is 0.416 e. The Bertz CT molecular complexity index is 753. The first-order valence-electron chi connectivity index (χ1n) is 7.46.